The lowest BCUT2D eigenvalue weighted by Gasteiger charge is -2.39. The van der Waals surface area contributed by atoms with E-state index in [1.807, 2.05) is 46.2 Å². The number of nitrogens with zero attached hydrogens (tertiary/aromatic N) is 2. The molecular formula is C24H29FN2O3S. The number of likely N-dealkylation sites (tertiary alicyclic amines) is 1. The molecule has 1 unspecified atom stereocenters. The highest BCUT2D eigenvalue weighted by Crippen LogP contribution is 2.29. The Bertz CT molecular complexity index is 990. The Balaban J connectivity index is 1.43. The average molecular weight is 445 g/mol. The van der Waals surface area contributed by atoms with Gasteiger partial charge in [-0.1, -0.05) is 42.5 Å². The maximum absolute atomic E-state index is 13.6. The van der Waals surface area contributed by atoms with Crippen LogP contribution in [0.3, 0.4) is 0 Å². The molecule has 1 amide bonds. The maximum Gasteiger partial charge on any atom is 0.244 e. The van der Waals surface area contributed by atoms with Crippen molar-refractivity contribution in [2.45, 2.75) is 25.3 Å². The summed E-state index contributed by atoms with van der Waals surface area (Å²) >= 11 is 0. The van der Waals surface area contributed by atoms with Crippen molar-refractivity contribution in [1.82, 2.24) is 9.80 Å². The number of carbonyl (C=O) groups is 1. The minimum absolute atomic E-state index is 0.0507. The second kappa shape index (κ2) is 9.49. The molecule has 166 valence electrons. The zero-order chi connectivity index (χ0) is 21.8. The lowest BCUT2D eigenvalue weighted by atomic mass is 9.89. The first-order valence-corrected chi connectivity index (χ1v) is 12.8. The number of rotatable bonds is 5. The van der Waals surface area contributed by atoms with Crippen LogP contribution in [0.15, 0.2) is 54.6 Å². The molecule has 31 heavy (non-hydrogen) atoms. The quantitative estimate of drug-likeness (QED) is 0.711. The fourth-order valence-corrected chi connectivity index (χ4v) is 5.89. The summed E-state index contributed by atoms with van der Waals surface area (Å²) < 4.78 is 37.2. The van der Waals surface area contributed by atoms with E-state index in [2.05, 4.69) is 0 Å². The molecule has 2 aliphatic rings. The van der Waals surface area contributed by atoms with Crippen LogP contribution in [0, 0.1) is 11.7 Å². The predicted octanol–water partition coefficient (Wildman–Crippen LogP) is 3.08. The summed E-state index contributed by atoms with van der Waals surface area (Å²) in [6.07, 6.45) is 2.60. The highest BCUT2D eigenvalue weighted by molar-refractivity contribution is 7.91. The Morgan fingerprint density at radius 1 is 0.968 bits per heavy atom. The van der Waals surface area contributed by atoms with E-state index in [1.54, 1.807) is 12.1 Å². The maximum atomic E-state index is 13.6. The van der Waals surface area contributed by atoms with E-state index in [0.29, 0.717) is 32.1 Å². The van der Waals surface area contributed by atoms with Gasteiger partial charge in [-0.25, -0.2) is 12.8 Å². The molecule has 0 bridgehead atoms. The van der Waals surface area contributed by atoms with E-state index in [4.69, 9.17) is 0 Å². The van der Waals surface area contributed by atoms with Crippen LogP contribution in [0.1, 0.15) is 30.0 Å². The zero-order valence-electron chi connectivity index (χ0n) is 17.6. The lowest BCUT2D eigenvalue weighted by Crippen LogP contribution is -2.50. The summed E-state index contributed by atoms with van der Waals surface area (Å²) in [5.74, 6) is 0.466. The number of halogens is 1. The van der Waals surface area contributed by atoms with Crippen molar-refractivity contribution in [2.75, 3.05) is 37.7 Å². The second-order valence-electron chi connectivity index (χ2n) is 8.60. The minimum atomic E-state index is -3.02. The Morgan fingerprint density at radius 3 is 2.29 bits per heavy atom. The first-order chi connectivity index (χ1) is 14.9. The third kappa shape index (κ3) is 5.52. The molecule has 2 fully saturated rings. The fourth-order valence-electron chi connectivity index (χ4n) is 4.66. The number of piperidine rings is 1. The molecule has 4 rings (SSSR count). The molecule has 7 heteroatoms. The van der Waals surface area contributed by atoms with Gasteiger partial charge in [0.05, 0.1) is 11.5 Å². The van der Waals surface area contributed by atoms with E-state index >= 15 is 0 Å². The van der Waals surface area contributed by atoms with Crippen molar-refractivity contribution < 1.29 is 17.6 Å². The van der Waals surface area contributed by atoms with Crippen molar-refractivity contribution in [1.29, 1.82) is 0 Å². The largest absolute Gasteiger partial charge is 0.341 e. The fraction of sp³-hybridized carbons (Fsp3) is 0.458. The molecule has 1 atom stereocenters. The molecule has 0 aromatic heterocycles. The smallest absolute Gasteiger partial charge is 0.244 e. The molecule has 0 spiro atoms. The van der Waals surface area contributed by atoms with Gasteiger partial charge < -0.3 is 4.90 Å². The molecule has 2 aliphatic heterocycles. The van der Waals surface area contributed by atoms with Gasteiger partial charge in [0.25, 0.3) is 0 Å². The van der Waals surface area contributed by atoms with Crippen LogP contribution in [-0.4, -0.2) is 61.8 Å². The minimum Gasteiger partial charge on any atom is -0.341 e. The number of benzene rings is 2. The van der Waals surface area contributed by atoms with Crippen LogP contribution >= 0.6 is 0 Å². The molecule has 2 aromatic rings. The number of amides is 1. The first kappa shape index (κ1) is 22.0. The van der Waals surface area contributed by atoms with Gasteiger partial charge in [0.2, 0.25) is 5.91 Å². The van der Waals surface area contributed by atoms with Gasteiger partial charge in [-0.3, -0.25) is 9.69 Å². The van der Waals surface area contributed by atoms with E-state index in [0.717, 1.165) is 30.4 Å². The summed E-state index contributed by atoms with van der Waals surface area (Å²) in [5.41, 5.74) is 1.91. The topological polar surface area (TPSA) is 57.7 Å². The van der Waals surface area contributed by atoms with Crippen LogP contribution in [0.4, 0.5) is 4.39 Å². The lowest BCUT2D eigenvalue weighted by molar-refractivity contribution is -0.138. The molecule has 2 saturated heterocycles. The highest BCUT2D eigenvalue weighted by atomic mass is 32.2. The van der Waals surface area contributed by atoms with Crippen molar-refractivity contribution in [3.63, 3.8) is 0 Å². The van der Waals surface area contributed by atoms with Gasteiger partial charge in [-0.15, -0.1) is 0 Å². The van der Waals surface area contributed by atoms with Gasteiger partial charge in [-0.05, 0) is 48.4 Å². The monoisotopic (exact) mass is 444 g/mol. The predicted molar refractivity (Wildman–Crippen MR) is 119 cm³/mol. The van der Waals surface area contributed by atoms with Gasteiger partial charge in [0.1, 0.15) is 11.9 Å². The molecule has 5 nitrogen and oxygen atoms in total. The van der Waals surface area contributed by atoms with Crippen LogP contribution in [0.25, 0.3) is 0 Å². The van der Waals surface area contributed by atoms with Crippen molar-refractivity contribution >= 4 is 15.7 Å². The van der Waals surface area contributed by atoms with Crippen molar-refractivity contribution in [3.05, 3.63) is 71.5 Å². The van der Waals surface area contributed by atoms with Crippen LogP contribution in [0.5, 0.6) is 0 Å². The molecule has 0 saturated carbocycles. The Kier molecular flexibility index (Phi) is 6.72. The second-order valence-corrected chi connectivity index (χ2v) is 10.9. The molecular weight excluding hydrogens is 415 g/mol. The molecule has 2 aromatic carbocycles. The number of hydrogen-bond donors (Lipinski definition) is 0. The van der Waals surface area contributed by atoms with E-state index < -0.39 is 15.9 Å². The summed E-state index contributed by atoms with van der Waals surface area (Å²) in [7, 11) is -3.02. The van der Waals surface area contributed by atoms with Crippen molar-refractivity contribution in [3.8, 4) is 0 Å². The van der Waals surface area contributed by atoms with E-state index in [1.165, 1.54) is 6.07 Å². The molecule has 2 heterocycles. The standard InChI is InChI=1S/C24H29FN2O3S/c25-22-8-4-5-20(18-22)17-19-9-11-27(12-10-19)24(28)23(21-6-2-1-3-7-21)26-13-15-31(29,30)16-14-26/h1-8,18-19,23H,9-17H2. The normalized spacial score (nSPS) is 21.0. The van der Waals surface area contributed by atoms with Gasteiger partial charge in [-0.2, -0.15) is 0 Å². The molecule has 0 N–H and O–H groups in total. The summed E-state index contributed by atoms with van der Waals surface area (Å²) in [6, 6.07) is 15.9. The third-order valence-corrected chi connectivity index (χ3v) is 8.04. The van der Waals surface area contributed by atoms with Crippen LogP contribution in [-0.2, 0) is 21.1 Å². The summed E-state index contributed by atoms with van der Waals surface area (Å²) in [5, 5.41) is 0. The van der Waals surface area contributed by atoms with Gasteiger partial charge in [0, 0.05) is 26.2 Å². The van der Waals surface area contributed by atoms with Crippen molar-refractivity contribution in [2.24, 2.45) is 5.92 Å². The Labute approximate surface area is 183 Å². The van der Waals surface area contributed by atoms with Crippen LogP contribution in [0.2, 0.25) is 0 Å². The van der Waals surface area contributed by atoms with Gasteiger partial charge in [0.15, 0.2) is 9.84 Å². The number of sulfone groups is 1. The Hall–Kier alpha value is -2.25. The first-order valence-electron chi connectivity index (χ1n) is 10.9. The third-order valence-electron chi connectivity index (χ3n) is 6.43. The van der Waals surface area contributed by atoms with E-state index in [-0.39, 0.29) is 23.2 Å². The van der Waals surface area contributed by atoms with Gasteiger partial charge >= 0.3 is 0 Å². The Morgan fingerprint density at radius 2 is 1.65 bits per heavy atom. The highest BCUT2D eigenvalue weighted by Gasteiger charge is 2.36. The molecule has 0 radical (unpaired) electrons. The average Bonchev–Trinajstić information content (AvgIpc) is 2.76. The number of hydrogen-bond acceptors (Lipinski definition) is 4. The van der Waals surface area contributed by atoms with Crippen LogP contribution < -0.4 is 0 Å². The number of carbonyl (C=O) groups excluding carboxylic acids is 1. The SMILES string of the molecule is O=C(C(c1ccccc1)N1CCS(=O)(=O)CC1)N1CCC(Cc2cccc(F)c2)CC1. The molecule has 0 aliphatic carbocycles. The van der Waals surface area contributed by atoms with E-state index in [9.17, 15) is 17.6 Å². The zero-order valence-corrected chi connectivity index (χ0v) is 18.4. The summed E-state index contributed by atoms with van der Waals surface area (Å²) in [4.78, 5) is 17.5. The summed E-state index contributed by atoms with van der Waals surface area (Å²) in [6.45, 7) is 2.11.